The minimum Gasteiger partial charge on any atom is -0.505 e. The van der Waals surface area contributed by atoms with Crippen LogP contribution >= 0.6 is 0 Å². The number of hydrogen-bond donors (Lipinski definition) is 3. The molecule has 0 spiro atoms. The standard InChI is InChI=1S/C13H11N3O4/c17-10-4-3-9(8-2-1-5-14-6-8)16-12(10)13(20)15-7-11(18)19/h1-6,17H,7H2,(H,15,20)(H,18,19). The van der Waals surface area contributed by atoms with Crippen LogP contribution in [-0.4, -0.2) is 38.6 Å². The van der Waals surface area contributed by atoms with Crippen molar-refractivity contribution in [2.45, 2.75) is 0 Å². The second-order valence-electron chi connectivity index (χ2n) is 3.88. The highest BCUT2D eigenvalue weighted by atomic mass is 16.4. The Balaban J connectivity index is 2.30. The maximum Gasteiger partial charge on any atom is 0.322 e. The Morgan fingerprint density at radius 2 is 2.05 bits per heavy atom. The van der Waals surface area contributed by atoms with Crippen LogP contribution in [0.15, 0.2) is 36.7 Å². The predicted molar refractivity (Wildman–Crippen MR) is 69.1 cm³/mol. The number of aromatic nitrogens is 2. The van der Waals surface area contributed by atoms with E-state index in [0.717, 1.165) is 0 Å². The fourth-order valence-corrected chi connectivity index (χ4v) is 1.53. The molecule has 7 heteroatoms. The number of carbonyl (C=O) groups is 2. The van der Waals surface area contributed by atoms with Crippen LogP contribution in [0.3, 0.4) is 0 Å². The van der Waals surface area contributed by atoms with E-state index >= 15 is 0 Å². The third kappa shape index (κ3) is 3.08. The van der Waals surface area contributed by atoms with Gasteiger partial charge >= 0.3 is 5.97 Å². The number of aliphatic carboxylic acids is 1. The summed E-state index contributed by atoms with van der Waals surface area (Å²) in [7, 11) is 0. The summed E-state index contributed by atoms with van der Waals surface area (Å²) in [4.78, 5) is 30.1. The van der Waals surface area contributed by atoms with E-state index in [1.165, 1.54) is 6.07 Å². The number of hydrogen-bond acceptors (Lipinski definition) is 5. The van der Waals surface area contributed by atoms with E-state index in [2.05, 4.69) is 15.3 Å². The molecule has 1 amide bonds. The summed E-state index contributed by atoms with van der Waals surface area (Å²) in [6, 6.07) is 6.34. The van der Waals surface area contributed by atoms with Crippen molar-refractivity contribution in [2.24, 2.45) is 0 Å². The van der Waals surface area contributed by atoms with Crippen molar-refractivity contribution in [3.8, 4) is 17.0 Å². The summed E-state index contributed by atoms with van der Waals surface area (Å²) in [6.45, 7) is -0.545. The molecule has 0 saturated heterocycles. The molecule has 0 aliphatic carbocycles. The number of carboxylic acid groups (broad SMARTS) is 1. The van der Waals surface area contributed by atoms with E-state index in [9.17, 15) is 14.7 Å². The van der Waals surface area contributed by atoms with Gasteiger partial charge < -0.3 is 15.5 Å². The van der Waals surface area contributed by atoms with E-state index in [4.69, 9.17) is 5.11 Å². The van der Waals surface area contributed by atoms with E-state index < -0.39 is 18.4 Å². The largest absolute Gasteiger partial charge is 0.505 e. The average Bonchev–Trinajstić information content (AvgIpc) is 2.46. The molecule has 0 bridgehead atoms. The Morgan fingerprint density at radius 1 is 1.25 bits per heavy atom. The van der Waals surface area contributed by atoms with Gasteiger partial charge in [0, 0.05) is 18.0 Å². The second-order valence-corrected chi connectivity index (χ2v) is 3.88. The zero-order chi connectivity index (χ0) is 14.5. The molecule has 0 saturated carbocycles. The molecule has 7 nitrogen and oxygen atoms in total. The van der Waals surface area contributed by atoms with Crippen molar-refractivity contribution in [1.29, 1.82) is 0 Å². The highest BCUT2D eigenvalue weighted by Crippen LogP contribution is 2.21. The quantitative estimate of drug-likeness (QED) is 0.754. The van der Waals surface area contributed by atoms with E-state index in [0.29, 0.717) is 11.3 Å². The number of rotatable bonds is 4. The van der Waals surface area contributed by atoms with Gasteiger partial charge in [-0.1, -0.05) is 0 Å². The van der Waals surface area contributed by atoms with Gasteiger partial charge in [-0.15, -0.1) is 0 Å². The Labute approximate surface area is 113 Å². The van der Waals surface area contributed by atoms with Gasteiger partial charge in [0.05, 0.1) is 5.69 Å². The lowest BCUT2D eigenvalue weighted by molar-refractivity contribution is -0.135. The SMILES string of the molecule is O=C(O)CNC(=O)c1nc(-c2cccnc2)ccc1O. The lowest BCUT2D eigenvalue weighted by atomic mass is 10.1. The number of amides is 1. The van der Waals surface area contributed by atoms with Crippen molar-refractivity contribution >= 4 is 11.9 Å². The van der Waals surface area contributed by atoms with Crippen LogP contribution in [0.25, 0.3) is 11.3 Å². The molecule has 2 aromatic rings. The fraction of sp³-hybridized carbons (Fsp3) is 0.0769. The van der Waals surface area contributed by atoms with Gasteiger partial charge in [-0.05, 0) is 24.3 Å². The smallest absolute Gasteiger partial charge is 0.322 e. The van der Waals surface area contributed by atoms with E-state index in [-0.39, 0.29) is 11.4 Å². The minimum absolute atomic E-state index is 0.229. The normalized spacial score (nSPS) is 10.0. The van der Waals surface area contributed by atoms with Crippen molar-refractivity contribution < 1.29 is 19.8 Å². The summed E-state index contributed by atoms with van der Waals surface area (Å²) in [6.07, 6.45) is 3.17. The number of pyridine rings is 2. The van der Waals surface area contributed by atoms with Gasteiger partial charge in [0.15, 0.2) is 5.69 Å². The molecule has 0 fully saturated rings. The number of nitrogens with zero attached hydrogens (tertiary/aromatic N) is 2. The third-order valence-electron chi connectivity index (χ3n) is 2.45. The number of carbonyl (C=O) groups excluding carboxylic acids is 1. The first-order valence-corrected chi connectivity index (χ1v) is 5.68. The van der Waals surface area contributed by atoms with Gasteiger partial charge in [-0.2, -0.15) is 0 Å². The predicted octanol–water partition coefficient (Wildman–Crippen LogP) is 0.664. The lowest BCUT2D eigenvalue weighted by Gasteiger charge is -2.06. The van der Waals surface area contributed by atoms with Crippen LogP contribution in [-0.2, 0) is 4.79 Å². The van der Waals surface area contributed by atoms with Crippen LogP contribution in [0, 0.1) is 0 Å². The summed E-state index contributed by atoms with van der Waals surface area (Å²) in [5.41, 5.74) is 0.906. The number of nitrogens with one attached hydrogen (secondary N) is 1. The molecule has 2 rings (SSSR count). The van der Waals surface area contributed by atoms with E-state index in [1.807, 2.05) is 0 Å². The zero-order valence-electron chi connectivity index (χ0n) is 10.3. The second kappa shape index (κ2) is 5.79. The molecule has 3 N–H and O–H groups in total. The van der Waals surface area contributed by atoms with Crippen molar-refractivity contribution in [1.82, 2.24) is 15.3 Å². The first kappa shape index (κ1) is 13.5. The molecule has 102 valence electrons. The molecule has 20 heavy (non-hydrogen) atoms. The first-order chi connectivity index (χ1) is 9.58. The van der Waals surface area contributed by atoms with Crippen LogP contribution < -0.4 is 5.32 Å². The van der Waals surface area contributed by atoms with Gasteiger partial charge in [-0.3, -0.25) is 14.6 Å². The van der Waals surface area contributed by atoms with Crippen LogP contribution in [0.1, 0.15) is 10.5 Å². The highest BCUT2D eigenvalue weighted by Gasteiger charge is 2.15. The van der Waals surface area contributed by atoms with Crippen LogP contribution in [0.5, 0.6) is 5.75 Å². The molecule has 0 atom stereocenters. The zero-order valence-corrected chi connectivity index (χ0v) is 10.3. The van der Waals surface area contributed by atoms with Gasteiger partial charge in [0.1, 0.15) is 12.3 Å². The molecule has 0 radical (unpaired) electrons. The number of carboxylic acids is 1. The molecule has 0 aliphatic rings. The molecule has 0 aliphatic heterocycles. The topological polar surface area (TPSA) is 112 Å². The minimum atomic E-state index is -1.18. The van der Waals surface area contributed by atoms with Crippen LogP contribution in [0.4, 0.5) is 0 Å². The fourth-order valence-electron chi connectivity index (χ4n) is 1.53. The Morgan fingerprint density at radius 3 is 2.70 bits per heavy atom. The Kier molecular flexibility index (Phi) is 3.90. The number of aromatic hydroxyl groups is 1. The lowest BCUT2D eigenvalue weighted by Crippen LogP contribution is -2.30. The van der Waals surface area contributed by atoms with Crippen LogP contribution in [0.2, 0.25) is 0 Å². The summed E-state index contributed by atoms with van der Waals surface area (Å²) in [5, 5.41) is 20.3. The first-order valence-electron chi connectivity index (χ1n) is 5.68. The molecular weight excluding hydrogens is 262 g/mol. The summed E-state index contributed by atoms with van der Waals surface area (Å²) in [5.74, 6) is -2.25. The molecule has 2 aromatic heterocycles. The van der Waals surface area contributed by atoms with Crippen molar-refractivity contribution in [2.75, 3.05) is 6.54 Å². The average molecular weight is 273 g/mol. The van der Waals surface area contributed by atoms with Gasteiger partial charge in [0.25, 0.3) is 5.91 Å². The highest BCUT2D eigenvalue weighted by molar-refractivity contribution is 5.96. The monoisotopic (exact) mass is 273 g/mol. The Bertz CT molecular complexity index is 643. The van der Waals surface area contributed by atoms with Gasteiger partial charge in [0.2, 0.25) is 0 Å². The maximum absolute atomic E-state index is 11.7. The molecule has 0 unspecified atom stereocenters. The van der Waals surface area contributed by atoms with Gasteiger partial charge in [-0.25, -0.2) is 4.98 Å². The van der Waals surface area contributed by atoms with Crippen molar-refractivity contribution in [3.63, 3.8) is 0 Å². The van der Waals surface area contributed by atoms with Crippen molar-refractivity contribution in [3.05, 3.63) is 42.4 Å². The molecular formula is C13H11N3O4. The van der Waals surface area contributed by atoms with E-state index in [1.54, 1.807) is 30.6 Å². The Hall–Kier alpha value is -2.96. The summed E-state index contributed by atoms with van der Waals surface area (Å²) < 4.78 is 0. The third-order valence-corrected chi connectivity index (χ3v) is 2.45. The summed E-state index contributed by atoms with van der Waals surface area (Å²) >= 11 is 0. The molecule has 2 heterocycles. The molecule has 0 aromatic carbocycles. The maximum atomic E-state index is 11.7.